The first-order valence-electron chi connectivity index (χ1n) is 5.83. The van der Waals surface area contributed by atoms with E-state index in [1.54, 1.807) is 0 Å². The van der Waals surface area contributed by atoms with Gasteiger partial charge in [0.15, 0.2) is 6.10 Å². The Hall–Kier alpha value is -2.26. The number of aromatic nitrogens is 1. The molecule has 1 aliphatic rings. The van der Waals surface area contributed by atoms with Crippen LogP contribution in [0.15, 0.2) is 12.3 Å². The summed E-state index contributed by atoms with van der Waals surface area (Å²) in [6.07, 6.45) is -0.260. The highest BCUT2D eigenvalue weighted by atomic mass is 35.5. The molecule has 1 amide bonds. The van der Waals surface area contributed by atoms with E-state index in [4.69, 9.17) is 21.4 Å². The summed E-state index contributed by atoms with van der Waals surface area (Å²) >= 11 is 5.66. The van der Waals surface area contributed by atoms with Crippen LogP contribution in [0.1, 0.15) is 10.4 Å². The molecule has 2 heterocycles. The van der Waals surface area contributed by atoms with Gasteiger partial charge in [-0.2, -0.15) is 0 Å². The molecule has 1 unspecified atom stereocenters. The van der Waals surface area contributed by atoms with Crippen LogP contribution in [0, 0.1) is 10.1 Å². The van der Waals surface area contributed by atoms with Gasteiger partial charge in [0.1, 0.15) is 16.9 Å². The van der Waals surface area contributed by atoms with E-state index in [9.17, 15) is 19.7 Å². The first-order valence-corrected chi connectivity index (χ1v) is 6.21. The predicted molar refractivity (Wildman–Crippen MR) is 69.2 cm³/mol. The number of nitrogens with zero attached hydrogens (tertiary/aromatic N) is 3. The van der Waals surface area contributed by atoms with E-state index < -0.39 is 28.6 Å². The summed E-state index contributed by atoms with van der Waals surface area (Å²) in [4.78, 5) is 38.1. The van der Waals surface area contributed by atoms with Gasteiger partial charge in [-0.25, -0.2) is 9.78 Å². The lowest BCUT2D eigenvalue weighted by molar-refractivity contribution is -0.385. The van der Waals surface area contributed by atoms with Crippen LogP contribution in [0.25, 0.3) is 0 Å². The van der Waals surface area contributed by atoms with Crippen LogP contribution >= 0.6 is 11.6 Å². The molecule has 21 heavy (non-hydrogen) atoms. The Kier molecular flexibility index (Phi) is 4.34. The molecular weight excluding hydrogens is 306 g/mol. The number of carboxylic acid groups (broad SMARTS) is 1. The standard InChI is InChI=1S/C11H10ClN3O6/c12-9-3-6(7(4-13-9)15(19)20)10(16)14-1-2-21-8(5-14)11(17)18/h3-4,8H,1-2,5H2,(H,17,18). The summed E-state index contributed by atoms with van der Waals surface area (Å²) in [6, 6.07) is 1.09. The van der Waals surface area contributed by atoms with Crippen LogP contribution in [-0.4, -0.2) is 57.6 Å². The van der Waals surface area contributed by atoms with Crippen molar-refractivity contribution >= 4 is 29.2 Å². The molecule has 9 nitrogen and oxygen atoms in total. The molecule has 0 aliphatic carbocycles. The van der Waals surface area contributed by atoms with Crippen LogP contribution in [0.5, 0.6) is 0 Å². The Bertz CT molecular complexity index is 608. The maximum atomic E-state index is 12.3. The number of hydrogen-bond donors (Lipinski definition) is 1. The lowest BCUT2D eigenvalue weighted by Gasteiger charge is -2.30. The lowest BCUT2D eigenvalue weighted by atomic mass is 10.1. The van der Waals surface area contributed by atoms with E-state index >= 15 is 0 Å². The number of aliphatic carboxylic acids is 1. The van der Waals surface area contributed by atoms with Crippen molar-refractivity contribution in [1.29, 1.82) is 0 Å². The number of carbonyl (C=O) groups excluding carboxylic acids is 1. The van der Waals surface area contributed by atoms with Gasteiger partial charge >= 0.3 is 5.97 Å². The Morgan fingerprint density at radius 1 is 1.57 bits per heavy atom. The molecule has 0 saturated carbocycles. The molecule has 0 radical (unpaired) electrons. The van der Waals surface area contributed by atoms with Crippen molar-refractivity contribution in [2.24, 2.45) is 0 Å². The molecule has 1 aliphatic heterocycles. The van der Waals surface area contributed by atoms with Crippen molar-refractivity contribution < 1.29 is 24.4 Å². The monoisotopic (exact) mass is 315 g/mol. The fraction of sp³-hybridized carbons (Fsp3) is 0.364. The average Bonchev–Trinajstić information content (AvgIpc) is 2.46. The van der Waals surface area contributed by atoms with E-state index in [1.165, 1.54) is 4.90 Å². The zero-order valence-corrected chi connectivity index (χ0v) is 11.3. The molecule has 1 aromatic heterocycles. The second kappa shape index (κ2) is 6.02. The zero-order chi connectivity index (χ0) is 15.6. The van der Waals surface area contributed by atoms with Crippen molar-refractivity contribution in [1.82, 2.24) is 9.88 Å². The maximum Gasteiger partial charge on any atom is 0.334 e. The van der Waals surface area contributed by atoms with Crippen LogP contribution in [-0.2, 0) is 9.53 Å². The van der Waals surface area contributed by atoms with Crippen LogP contribution in [0.4, 0.5) is 5.69 Å². The van der Waals surface area contributed by atoms with E-state index in [0.29, 0.717) is 0 Å². The molecule has 112 valence electrons. The van der Waals surface area contributed by atoms with Gasteiger partial charge < -0.3 is 14.7 Å². The van der Waals surface area contributed by atoms with E-state index in [0.717, 1.165) is 12.3 Å². The molecule has 1 atom stereocenters. The van der Waals surface area contributed by atoms with Gasteiger partial charge in [-0.3, -0.25) is 14.9 Å². The Morgan fingerprint density at radius 2 is 2.29 bits per heavy atom. The predicted octanol–water partition coefficient (Wildman–Crippen LogP) is 0.569. The van der Waals surface area contributed by atoms with Crippen LogP contribution < -0.4 is 0 Å². The number of nitro groups is 1. The number of pyridine rings is 1. The largest absolute Gasteiger partial charge is 0.479 e. The van der Waals surface area contributed by atoms with Gasteiger partial charge in [0.25, 0.3) is 11.6 Å². The number of carboxylic acids is 1. The molecule has 1 saturated heterocycles. The molecule has 1 aromatic rings. The van der Waals surface area contributed by atoms with E-state index in [2.05, 4.69) is 4.98 Å². The topological polar surface area (TPSA) is 123 Å². The number of amides is 1. The minimum atomic E-state index is -1.20. The molecule has 10 heteroatoms. The van der Waals surface area contributed by atoms with E-state index in [-0.39, 0.29) is 30.4 Å². The highest BCUT2D eigenvalue weighted by Crippen LogP contribution is 2.23. The number of halogens is 1. The first kappa shape index (κ1) is 15.1. The van der Waals surface area contributed by atoms with Crippen molar-refractivity contribution in [2.45, 2.75) is 6.10 Å². The minimum absolute atomic E-state index is 0.0370. The Balaban J connectivity index is 2.29. The quantitative estimate of drug-likeness (QED) is 0.491. The van der Waals surface area contributed by atoms with Crippen molar-refractivity contribution in [3.8, 4) is 0 Å². The average molecular weight is 316 g/mol. The van der Waals surface area contributed by atoms with Gasteiger partial charge in [-0.05, 0) is 6.07 Å². The second-order valence-electron chi connectivity index (χ2n) is 4.23. The number of carbonyl (C=O) groups is 2. The third-order valence-corrected chi connectivity index (χ3v) is 3.11. The second-order valence-corrected chi connectivity index (χ2v) is 4.62. The molecule has 1 fully saturated rings. The Labute approximate surface area is 123 Å². The van der Waals surface area contributed by atoms with Gasteiger partial charge in [-0.1, -0.05) is 11.6 Å². The fourth-order valence-electron chi connectivity index (χ4n) is 1.89. The van der Waals surface area contributed by atoms with Gasteiger partial charge in [0.2, 0.25) is 0 Å². The third-order valence-electron chi connectivity index (χ3n) is 2.91. The summed E-state index contributed by atoms with van der Waals surface area (Å²) < 4.78 is 4.99. The van der Waals surface area contributed by atoms with Gasteiger partial charge in [-0.15, -0.1) is 0 Å². The number of morpholine rings is 1. The van der Waals surface area contributed by atoms with Crippen molar-refractivity contribution in [3.63, 3.8) is 0 Å². The summed E-state index contributed by atoms with van der Waals surface area (Å²) in [5, 5.41) is 19.8. The van der Waals surface area contributed by atoms with Crippen LogP contribution in [0.3, 0.4) is 0 Å². The third kappa shape index (κ3) is 3.26. The number of rotatable bonds is 3. The lowest BCUT2D eigenvalue weighted by Crippen LogP contribution is -2.48. The normalized spacial score (nSPS) is 18.3. The molecule has 0 spiro atoms. The Morgan fingerprint density at radius 3 is 2.90 bits per heavy atom. The highest BCUT2D eigenvalue weighted by molar-refractivity contribution is 6.29. The SMILES string of the molecule is O=C(O)C1CN(C(=O)c2cc(Cl)ncc2[N+](=O)[O-])CCO1. The maximum absolute atomic E-state index is 12.3. The molecular formula is C11H10ClN3O6. The minimum Gasteiger partial charge on any atom is -0.479 e. The molecule has 0 aromatic carbocycles. The van der Waals surface area contributed by atoms with Gasteiger partial charge in [0, 0.05) is 6.54 Å². The highest BCUT2D eigenvalue weighted by Gasteiger charge is 2.32. The van der Waals surface area contributed by atoms with Crippen molar-refractivity contribution in [3.05, 3.63) is 33.1 Å². The summed E-state index contributed by atoms with van der Waals surface area (Å²) in [5.74, 6) is -1.88. The summed E-state index contributed by atoms with van der Waals surface area (Å²) in [7, 11) is 0. The smallest absolute Gasteiger partial charge is 0.334 e. The van der Waals surface area contributed by atoms with E-state index in [1.807, 2.05) is 0 Å². The molecule has 2 rings (SSSR count). The zero-order valence-electron chi connectivity index (χ0n) is 10.6. The van der Waals surface area contributed by atoms with Crippen LogP contribution in [0.2, 0.25) is 5.15 Å². The fourth-order valence-corrected chi connectivity index (χ4v) is 2.05. The summed E-state index contributed by atoms with van der Waals surface area (Å²) in [6.45, 7) is -0.0136. The molecule has 0 bridgehead atoms. The first-order chi connectivity index (χ1) is 9.90. The number of ether oxygens (including phenoxy) is 1. The number of hydrogen-bond acceptors (Lipinski definition) is 6. The summed E-state index contributed by atoms with van der Waals surface area (Å²) in [5.41, 5.74) is -0.714. The molecule has 1 N–H and O–H groups in total. The van der Waals surface area contributed by atoms with Crippen molar-refractivity contribution in [2.75, 3.05) is 19.7 Å². The van der Waals surface area contributed by atoms with Gasteiger partial charge in [0.05, 0.1) is 18.1 Å².